The number of carbonyl (C=O) groups is 2. The van der Waals surface area contributed by atoms with Gasteiger partial charge in [0, 0.05) is 18.3 Å². The smallest absolute Gasteiger partial charge is 0.256 e. The van der Waals surface area contributed by atoms with Crippen LogP contribution in [-0.4, -0.2) is 71.3 Å². The molecule has 1 saturated heterocycles. The second-order valence-electron chi connectivity index (χ2n) is 6.04. The number of carbonyl (C=O) groups excluding carboxylic acids is 2. The third-order valence-electron chi connectivity index (χ3n) is 4.14. The molecule has 0 bridgehead atoms. The molecule has 1 aliphatic rings. The number of morpholine rings is 1. The Balaban J connectivity index is 1.92. The Morgan fingerprint density at radius 3 is 3.07 bits per heavy atom. The number of allylic oxidation sites excluding steroid dienone is 3. The first-order chi connectivity index (χ1) is 13.6. The molecule has 0 radical (unpaired) electrons. The molecule has 8 heteroatoms. The molecule has 1 amide bonds. The summed E-state index contributed by atoms with van der Waals surface area (Å²) in [7, 11) is 0. The lowest BCUT2D eigenvalue weighted by atomic mass is 10.1. The van der Waals surface area contributed by atoms with Gasteiger partial charge in [-0.2, -0.15) is 0 Å². The minimum absolute atomic E-state index is 0.00303. The summed E-state index contributed by atoms with van der Waals surface area (Å²) in [4.78, 5) is 29.1. The van der Waals surface area contributed by atoms with E-state index in [1.807, 2.05) is 0 Å². The number of ether oxygens (including phenoxy) is 2. The third-order valence-corrected chi connectivity index (χ3v) is 4.14. The van der Waals surface area contributed by atoms with E-state index >= 15 is 0 Å². The van der Waals surface area contributed by atoms with Gasteiger partial charge in [0.15, 0.2) is 6.29 Å². The Labute approximate surface area is 163 Å². The number of hydrogen-bond donors (Lipinski definition) is 2. The van der Waals surface area contributed by atoms with Crippen molar-refractivity contribution in [3.63, 3.8) is 0 Å². The fourth-order valence-electron chi connectivity index (χ4n) is 2.63. The number of hydrogen-bond acceptors (Lipinski definition) is 7. The van der Waals surface area contributed by atoms with E-state index in [4.69, 9.17) is 9.47 Å². The van der Waals surface area contributed by atoms with Gasteiger partial charge in [-0.1, -0.05) is 18.7 Å². The van der Waals surface area contributed by atoms with Crippen LogP contribution in [0.5, 0.6) is 0 Å². The maximum atomic E-state index is 12.9. The topological polar surface area (TPSA) is 109 Å². The molecule has 28 heavy (non-hydrogen) atoms. The van der Waals surface area contributed by atoms with E-state index in [1.54, 1.807) is 29.2 Å². The molecule has 1 atom stereocenters. The van der Waals surface area contributed by atoms with Crippen LogP contribution in [0, 0.1) is 0 Å². The van der Waals surface area contributed by atoms with Gasteiger partial charge in [0.1, 0.15) is 5.76 Å². The van der Waals surface area contributed by atoms with Crippen LogP contribution in [0.3, 0.4) is 0 Å². The highest BCUT2D eigenvalue weighted by Gasteiger charge is 2.29. The van der Waals surface area contributed by atoms with E-state index in [-0.39, 0.29) is 43.1 Å². The van der Waals surface area contributed by atoms with Crippen LogP contribution < -0.4 is 0 Å². The molecule has 1 aliphatic heterocycles. The van der Waals surface area contributed by atoms with Crippen molar-refractivity contribution in [3.05, 3.63) is 65.7 Å². The largest absolute Gasteiger partial charge is 0.507 e. The van der Waals surface area contributed by atoms with Gasteiger partial charge >= 0.3 is 0 Å². The average Bonchev–Trinajstić information content (AvgIpc) is 2.75. The lowest BCUT2D eigenvalue weighted by molar-refractivity contribution is -0.104. The lowest BCUT2D eigenvalue weighted by Crippen LogP contribution is -2.51. The van der Waals surface area contributed by atoms with Crippen molar-refractivity contribution in [1.82, 2.24) is 9.88 Å². The van der Waals surface area contributed by atoms with Crippen LogP contribution in [-0.2, 0) is 20.9 Å². The summed E-state index contributed by atoms with van der Waals surface area (Å²) in [5.41, 5.74) is 0.703. The molecule has 2 N–H and O–H groups in total. The van der Waals surface area contributed by atoms with Crippen LogP contribution in [0.2, 0.25) is 0 Å². The molecule has 0 unspecified atom stereocenters. The molecule has 0 saturated carbocycles. The Kier molecular flexibility index (Phi) is 8.54. The molecule has 0 aromatic carbocycles. The van der Waals surface area contributed by atoms with E-state index in [9.17, 15) is 19.8 Å². The predicted molar refractivity (Wildman–Crippen MR) is 102 cm³/mol. The molecule has 150 valence electrons. The molecule has 0 aliphatic carbocycles. The van der Waals surface area contributed by atoms with Gasteiger partial charge in [-0.25, -0.2) is 0 Å². The predicted octanol–water partition coefficient (Wildman–Crippen LogP) is 1.18. The number of pyridine rings is 1. The summed E-state index contributed by atoms with van der Waals surface area (Å²) in [6, 6.07) is 3.04. The third kappa shape index (κ3) is 5.85. The maximum Gasteiger partial charge on any atom is 0.256 e. The summed E-state index contributed by atoms with van der Waals surface area (Å²) in [5.74, 6) is -0.426. The van der Waals surface area contributed by atoms with Gasteiger partial charge in [0.05, 0.1) is 50.3 Å². The monoisotopic (exact) mass is 388 g/mol. The Hall–Kier alpha value is -2.81. The van der Waals surface area contributed by atoms with E-state index in [2.05, 4.69) is 11.6 Å². The van der Waals surface area contributed by atoms with E-state index in [0.717, 1.165) is 0 Å². The molecule has 1 fully saturated rings. The first kappa shape index (κ1) is 21.5. The van der Waals surface area contributed by atoms with E-state index in [1.165, 1.54) is 12.3 Å². The molecule has 1 aromatic heterocycles. The zero-order valence-corrected chi connectivity index (χ0v) is 15.5. The fourth-order valence-corrected chi connectivity index (χ4v) is 2.63. The van der Waals surface area contributed by atoms with Crippen molar-refractivity contribution >= 4 is 12.2 Å². The highest BCUT2D eigenvalue weighted by Crippen LogP contribution is 2.15. The lowest BCUT2D eigenvalue weighted by Gasteiger charge is -2.35. The fraction of sp³-hybridized carbons (Fsp3) is 0.350. The normalized spacial score (nSPS) is 17.7. The summed E-state index contributed by atoms with van der Waals surface area (Å²) in [6.45, 7) is 4.80. The second kappa shape index (κ2) is 11.1. The standard InChI is InChI=1S/C20H24N2O6/c1-15(11-23)19(25)6-2-3-9-27-13-16-14-28-10-8-22(16)20(26)17-5-4-7-21-18(17)12-24/h2-7,11,16,24-25H,1,8-10,12-14H2/b3-2-,19-6+/t16-/m1/s1. The molecule has 0 spiro atoms. The van der Waals surface area contributed by atoms with Crippen LogP contribution >= 0.6 is 0 Å². The number of amides is 1. The maximum absolute atomic E-state index is 12.9. The first-order valence-corrected chi connectivity index (χ1v) is 8.80. The zero-order valence-electron chi connectivity index (χ0n) is 15.5. The molecular formula is C20H24N2O6. The molecule has 2 heterocycles. The van der Waals surface area contributed by atoms with Crippen LogP contribution in [0.1, 0.15) is 16.1 Å². The van der Waals surface area contributed by atoms with Crippen molar-refractivity contribution in [3.8, 4) is 0 Å². The minimum Gasteiger partial charge on any atom is -0.507 e. The first-order valence-electron chi connectivity index (χ1n) is 8.80. The number of aromatic nitrogens is 1. The second-order valence-corrected chi connectivity index (χ2v) is 6.04. The van der Waals surface area contributed by atoms with Crippen molar-refractivity contribution in [2.24, 2.45) is 0 Å². The van der Waals surface area contributed by atoms with Gasteiger partial charge < -0.3 is 24.6 Å². The summed E-state index contributed by atoms with van der Waals surface area (Å²) in [5, 5.41) is 18.9. The summed E-state index contributed by atoms with van der Waals surface area (Å²) >= 11 is 0. The van der Waals surface area contributed by atoms with Crippen LogP contribution in [0.25, 0.3) is 0 Å². The number of aliphatic hydroxyl groups excluding tert-OH is 2. The number of rotatable bonds is 9. The molecule has 2 rings (SSSR count). The highest BCUT2D eigenvalue weighted by molar-refractivity contribution is 5.95. The SMILES string of the molecule is C=C(C=O)/C(O)=C\C=C/COC[C@@H]1COCCN1C(=O)c1cccnc1CO. The van der Waals surface area contributed by atoms with Crippen molar-refractivity contribution in [2.45, 2.75) is 12.6 Å². The zero-order chi connectivity index (χ0) is 20.4. The van der Waals surface area contributed by atoms with Crippen molar-refractivity contribution < 1.29 is 29.3 Å². The molecule has 8 nitrogen and oxygen atoms in total. The van der Waals surface area contributed by atoms with Gasteiger partial charge in [-0.3, -0.25) is 14.6 Å². The van der Waals surface area contributed by atoms with Crippen LogP contribution in [0.15, 0.2) is 54.5 Å². The van der Waals surface area contributed by atoms with Gasteiger partial charge in [0.25, 0.3) is 5.91 Å². The molecule has 1 aromatic rings. The Bertz CT molecular complexity index is 759. The Morgan fingerprint density at radius 1 is 1.50 bits per heavy atom. The minimum atomic E-state index is -0.310. The molecular weight excluding hydrogens is 364 g/mol. The van der Waals surface area contributed by atoms with Crippen molar-refractivity contribution in [2.75, 3.05) is 33.0 Å². The van der Waals surface area contributed by atoms with Gasteiger partial charge in [-0.05, 0) is 18.2 Å². The summed E-state index contributed by atoms with van der Waals surface area (Å²) in [6.07, 6.45) is 6.56. The van der Waals surface area contributed by atoms with Gasteiger partial charge in [-0.15, -0.1) is 0 Å². The number of aldehydes is 1. The van der Waals surface area contributed by atoms with Gasteiger partial charge in [0.2, 0.25) is 0 Å². The van der Waals surface area contributed by atoms with Crippen molar-refractivity contribution in [1.29, 1.82) is 0 Å². The van der Waals surface area contributed by atoms with E-state index in [0.29, 0.717) is 37.3 Å². The highest BCUT2D eigenvalue weighted by atomic mass is 16.5. The number of nitrogens with zero attached hydrogens (tertiary/aromatic N) is 2. The summed E-state index contributed by atoms with van der Waals surface area (Å²) < 4.78 is 11.0. The van der Waals surface area contributed by atoms with E-state index < -0.39 is 0 Å². The number of aliphatic hydroxyl groups is 2. The average molecular weight is 388 g/mol. The van der Waals surface area contributed by atoms with Crippen LogP contribution in [0.4, 0.5) is 0 Å². The Morgan fingerprint density at radius 2 is 2.32 bits per heavy atom. The quantitative estimate of drug-likeness (QED) is 0.215.